The molecule has 0 spiro atoms. The highest BCUT2D eigenvalue weighted by molar-refractivity contribution is 7.99. The van der Waals surface area contributed by atoms with Gasteiger partial charge >= 0.3 is 0 Å². The third-order valence-corrected chi connectivity index (χ3v) is 7.41. The Balaban J connectivity index is 1.12. The summed E-state index contributed by atoms with van der Waals surface area (Å²) in [6, 6.07) is 7.43. The average molecular weight is 486 g/mol. The van der Waals surface area contributed by atoms with E-state index >= 15 is 0 Å². The molecule has 1 saturated heterocycles. The Morgan fingerprint density at radius 3 is 2.65 bits per heavy atom. The molecule has 0 bridgehead atoms. The first-order chi connectivity index (χ1) is 16.4. The molecule has 4 heterocycles. The lowest BCUT2D eigenvalue weighted by Crippen LogP contribution is -2.41. The van der Waals surface area contributed by atoms with Crippen molar-refractivity contribution in [2.75, 3.05) is 17.2 Å². The number of hydrogen-bond acceptors (Lipinski definition) is 10. The van der Waals surface area contributed by atoms with Crippen LogP contribution in [0, 0.1) is 0 Å². The van der Waals surface area contributed by atoms with Crippen molar-refractivity contribution >= 4 is 34.7 Å². The van der Waals surface area contributed by atoms with Gasteiger partial charge in [0, 0.05) is 18.8 Å². The lowest BCUT2D eigenvalue weighted by molar-refractivity contribution is -0.133. The van der Waals surface area contributed by atoms with Crippen LogP contribution in [0.25, 0.3) is 11.2 Å². The van der Waals surface area contributed by atoms with Crippen molar-refractivity contribution in [2.45, 2.75) is 50.1 Å². The van der Waals surface area contributed by atoms with Crippen LogP contribution in [0.15, 0.2) is 36.9 Å². The molecule has 6 N–H and O–H groups in total. The highest BCUT2D eigenvalue weighted by Crippen LogP contribution is 2.33. The van der Waals surface area contributed by atoms with Crippen molar-refractivity contribution in [2.24, 2.45) is 5.73 Å². The summed E-state index contributed by atoms with van der Waals surface area (Å²) in [5, 5.41) is 21.1. The molecule has 5 atom stereocenters. The molecule has 1 fully saturated rings. The van der Waals surface area contributed by atoms with Gasteiger partial charge in [-0.3, -0.25) is 9.36 Å². The molecular weight excluding hydrogens is 458 g/mol. The first-order valence-corrected chi connectivity index (χ1v) is 12.2. The second kappa shape index (κ2) is 9.47. The molecule has 1 aromatic carbocycles. The maximum atomic E-state index is 12.7. The molecule has 3 aromatic rings. The fourth-order valence-electron chi connectivity index (χ4n) is 4.41. The Hall–Kier alpha value is -2.77. The van der Waals surface area contributed by atoms with E-state index in [-0.39, 0.29) is 11.7 Å². The lowest BCUT2D eigenvalue weighted by atomic mass is 10.1. The van der Waals surface area contributed by atoms with Gasteiger partial charge in [-0.05, 0) is 23.3 Å². The third-order valence-electron chi connectivity index (χ3n) is 6.32. The Morgan fingerprint density at radius 1 is 1.18 bits per heavy atom. The second-order valence-electron chi connectivity index (χ2n) is 8.56. The Bertz CT molecular complexity index is 1170. The van der Waals surface area contributed by atoms with Crippen LogP contribution in [0.5, 0.6) is 0 Å². The first kappa shape index (κ1) is 23.0. The number of fused-ring (bicyclic) bond motifs is 2. The summed E-state index contributed by atoms with van der Waals surface area (Å²) in [5.41, 5.74) is 15.2. The van der Waals surface area contributed by atoms with Crippen molar-refractivity contribution in [3.8, 4) is 0 Å². The van der Waals surface area contributed by atoms with Crippen molar-refractivity contribution in [1.29, 1.82) is 0 Å². The minimum atomic E-state index is -1.15. The van der Waals surface area contributed by atoms with Gasteiger partial charge in [0.1, 0.15) is 24.1 Å². The zero-order valence-electron chi connectivity index (χ0n) is 18.4. The standard InChI is InChI=1S/C22H27N7O4S/c23-14(21(32)28-7-12-3-1-2-4-13(12)8-28)5-6-34-9-15-17(30)18(31)22(33-15)29-11-27-16-19(24)25-10-26-20(16)29/h1-4,10-11,14-15,17-18,22,30-31H,5-9,23H2,(H2,24,25,26)/t14?,15-,17-,18-,22-/m1/s1. The summed E-state index contributed by atoms with van der Waals surface area (Å²) in [7, 11) is 0. The van der Waals surface area contributed by atoms with E-state index in [0.717, 1.165) is 11.1 Å². The monoisotopic (exact) mass is 485 g/mol. The average Bonchev–Trinajstić information content (AvgIpc) is 3.53. The zero-order chi connectivity index (χ0) is 23.8. The van der Waals surface area contributed by atoms with Gasteiger partial charge in [0.2, 0.25) is 5.91 Å². The van der Waals surface area contributed by atoms with Crippen molar-refractivity contribution < 1.29 is 19.7 Å². The summed E-state index contributed by atoms with van der Waals surface area (Å²) < 4.78 is 7.49. The number of thioether (sulfide) groups is 1. The van der Waals surface area contributed by atoms with Crippen LogP contribution in [-0.2, 0) is 22.6 Å². The van der Waals surface area contributed by atoms with Crippen LogP contribution >= 0.6 is 11.8 Å². The Labute approximate surface area is 200 Å². The fourth-order valence-corrected chi connectivity index (χ4v) is 5.51. The summed E-state index contributed by atoms with van der Waals surface area (Å²) >= 11 is 1.52. The number of ether oxygens (including phenoxy) is 1. The number of carbonyl (C=O) groups excluding carboxylic acids is 1. The zero-order valence-corrected chi connectivity index (χ0v) is 19.2. The number of hydrogen-bond donors (Lipinski definition) is 4. The normalized spacial score (nSPS) is 25.1. The van der Waals surface area contributed by atoms with E-state index in [1.54, 1.807) is 9.47 Å². The molecule has 1 unspecified atom stereocenters. The Kier molecular flexibility index (Phi) is 6.40. The number of nitrogens with two attached hydrogens (primary N) is 2. The molecule has 11 nitrogen and oxygen atoms in total. The predicted molar refractivity (Wildman–Crippen MR) is 126 cm³/mol. The smallest absolute Gasteiger partial charge is 0.240 e. The first-order valence-electron chi connectivity index (χ1n) is 11.1. The number of nitrogen functional groups attached to an aromatic ring is 1. The van der Waals surface area contributed by atoms with E-state index in [2.05, 4.69) is 15.0 Å². The fraction of sp³-hybridized carbons (Fsp3) is 0.455. The minimum absolute atomic E-state index is 0.0577. The van der Waals surface area contributed by atoms with Crippen molar-refractivity contribution in [3.05, 3.63) is 48.0 Å². The minimum Gasteiger partial charge on any atom is -0.387 e. The van der Waals surface area contributed by atoms with Gasteiger partial charge in [-0.15, -0.1) is 0 Å². The van der Waals surface area contributed by atoms with Gasteiger partial charge in [-0.2, -0.15) is 11.8 Å². The van der Waals surface area contributed by atoms with E-state index in [1.165, 1.54) is 24.4 Å². The number of aliphatic hydroxyl groups excluding tert-OH is 2. The van der Waals surface area contributed by atoms with Crippen LogP contribution in [-0.4, -0.2) is 76.4 Å². The molecule has 0 radical (unpaired) electrons. The second-order valence-corrected chi connectivity index (χ2v) is 9.71. The van der Waals surface area contributed by atoms with E-state index in [4.69, 9.17) is 16.2 Å². The molecule has 2 aromatic heterocycles. The number of aromatic nitrogens is 4. The molecular formula is C22H27N7O4S. The number of carbonyl (C=O) groups is 1. The summed E-state index contributed by atoms with van der Waals surface area (Å²) in [5.74, 6) is 1.23. The van der Waals surface area contributed by atoms with Crippen LogP contribution in [0.4, 0.5) is 5.82 Å². The van der Waals surface area contributed by atoms with Gasteiger partial charge in [-0.1, -0.05) is 24.3 Å². The number of nitrogens with zero attached hydrogens (tertiary/aromatic N) is 5. The van der Waals surface area contributed by atoms with Crippen LogP contribution < -0.4 is 11.5 Å². The van der Waals surface area contributed by atoms with Gasteiger partial charge in [0.15, 0.2) is 17.7 Å². The summed E-state index contributed by atoms with van der Waals surface area (Å²) in [6.07, 6.45) is -0.387. The molecule has 1 amide bonds. The topological polar surface area (TPSA) is 166 Å². The van der Waals surface area contributed by atoms with Gasteiger partial charge in [0.25, 0.3) is 0 Å². The van der Waals surface area contributed by atoms with Crippen LogP contribution in [0.1, 0.15) is 23.8 Å². The third kappa shape index (κ3) is 4.23. The highest BCUT2D eigenvalue weighted by atomic mass is 32.2. The van der Waals surface area contributed by atoms with Crippen molar-refractivity contribution in [1.82, 2.24) is 24.4 Å². The quantitative estimate of drug-likeness (QED) is 0.335. The molecule has 2 aliphatic rings. The molecule has 180 valence electrons. The predicted octanol–water partition coefficient (Wildman–Crippen LogP) is 0.0207. The number of rotatable bonds is 7. The molecule has 12 heteroatoms. The Morgan fingerprint density at radius 2 is 1.91 bits per heavy atom. The van der Waals surface area contributed by atoms with E-state index in [0.29, 0.717) is 42.2 Å². The number of anilines is 1. The molecule has 2 aliphatic heterocycles. The summed E-state index contributed by atoms with van der Waals surface area (Å²) in [6.45, 7) is 1.19. The maximum Gasteiger partial charge on any atom is 0.240 e. The van der Waals surface area contributed by atoms with E-state index in [1.807, 2.05) is 24.3 Å². The van der Waals surface area contributed by atoms with Gasteiger partial charge < -0.3 is 31.3 Å². The lowest BCUT2D eigenvalue weighted by Gasteiger charge is -2.20. The molecule has 34 heavy (non-hydrogen) atoms. The molecule has 5 rings (SSSR count). The maximum absolute atomic E-state index is 12.7. The van der Waals surface area contributed by atoms with E-state index < -0.39 is 30.6 Å². The van der Waals surface area contributed by atoms with Crippen LogP contribution in [0.2, 0.25) is 0 Å². The SMILES string of the molecule is Nc1ncnc2c1ncn2[C@@H]1O[C@H](CSCCC(N)C(=O)N2Cc3ccccc3C2)[C@@H](O)[C@H]1O. The molecule has 0 saturated carbocycles. The summed E-state index contributed by atoms with van der Waals surface area (Å²) in [4.78, 5) is 26.8. The van der Waals surface area contributed by atoms with E-state index in [9.17, 15) is 15.0 Å². The number of amides is 1. The molecule has 0 aliphatic carbocycles. The van der Waals surface area contributed by atoms with Crippen molar-refractivity contribution in [3.63, 3.8) is 0 Å². The van der Waals surface area contributed by atoms with Gasteiger partial charge in [0.05, 0.1) is 18.5 Å². The van der Waals surface area contributed by atoms with Crippen LogP contribution in [0.3, 0.4) is 0 Å². The number of aliphatic hydroxyl groups is 2. The number of benzene rings is 1. The number of imidazole rings is 1. The highest BCUT2D eigenvalue weighted by Gasteiger charge is 2.44. The van der Waals surface area contributed by atoms with Gasteiger partial charge in [-0.25, -0.2) is 15.0 Å². The largest absolute Gasteiger partial charge is 0.387 e.